The second kappa shape index (κ2) is 7.34. The van der Waals surface area contributed by atoms with Crippen LogP contribution in [0, 0.1) is 0 Å². The first-order chi connectivity index (χ1) is 11.8. The van der Waals surface area contributed by atoms with Gasteiger partial charge in [-0.3, -0.25) is 14.4 Å². The average molecular weight is 342 g/mol. The van der Waals surface area contributed by atoms with Crippen LogP contribution in [-0.4, -0.2) is 33.9 Å². The van der Waals surface area contributed by atoms with Gasteiger partial charge >= 0.3 is 5.97 Å². The van der Waals surface area contributed by atoms with Crippen LogP contribution in [-0.2, 0) is 17.3 Å². The van der Waals surface area contributed by atoms with E-state index >= 15 is 0 Å². The van der Waals surface area contributed by atoms with E-state index in [4.69, 9.17) is 0 Å². The van der Waals surface area contributed by atoms with Gasteiger partial charge in [0.05, 0.1) is 0 Å². The molecule has 1 amide bonds. The minimum Gasteiger partial charge on any atom is -0.481 e. The standard InChI is InChI=1S/C19H22N2O4/c1-4-19(18(24)25,15-8-6-5-7-9-15)12-20-17(23)16-10-14(13(2)22)11-21(16)3/h5-11H,4,12H2,1-3H3,(H,20,23)(H,24,25). The third-order valence-electron chi connectivity index (χ3n) is 4.53. The number of Topliss-reactive ketones (excluding diaryl/α,β-unsaturated/α-hetero) is 1. The van der Waals surface area contributed by atoms with Crippen LogP contribution in [0.15, 0.2) is 42.6 Å². The van der Waals surface area contributed by atoms with E-state index in [0.29, 0.717) is 23.2 Å². The molecular formula is C19H22N2O4. The van der Waals surface area contributed by atoms with Crippen molar-refractivity contribution in [1.82, 2.24) is 9.88 Å². The summed E-state index contributed by atoms with van der Waals surface area (Å²) in [5.41, 5.74) is 0.192. The van der Waals surface area contributed by atoms with Gasteiger partial charge in [0.2, 0.25) is 0 Å². The maximum Gasteiger partial charge on any atom is 0.315 e. The number of carboxylic acid groups (broad SMARTS) is 1. The molecule has 2 aromatic rings. The van der Waals surface area contributed by atoms with Crippen molar-refractivity contribution in [3.05, 3.63) is 59.4 Å². The summed E-state index contributed by atoms with van der Waals surface area (Å²) < 4.78 is 1.56. The molecule has 25 heavy (non-hydrogen) atoms. The number of hydrogen-bond donors (Lipinski definition) is 2. The number of carbonyl (C=O) groups is 3. The van der Waals surface area contributed by atoms with Gasteiger partial charge in [0.25, 0.3) is 5.91 Å². The number of nitrogens with zero attached hydrogens (tertiary/aromatic N) is 1. The zero-order valence-corrected chi connectivity index (χ0v) is 14.6. The van der Waals surface area contributed by atoms with Crippen LogP contribution in [0.4, 0.5) is 0 Å². The fourth-order valence-electron chi connectivity index (χ4n) is 2.84. The van der Waals surface area contributed by atoms with Crippen LogP contribution in [0.2, 0.25) is 0 Å². The number of aromatic nitrogens is 1. The summed E-state index contributed by atoms with van der Waals surface area (Å²) in [6.07, 6.45) is 1.91. The van der Waals surface area contributed by atoms with E-state index in [-0.39, 0.29) is 12.3 Å². The zero-order chi connectivity index (χ0) is 18.6. The number of carboxylic acids is 1. The summed E-state index contributed by atoms with van der Waals surface area (Å²) in [5.74, 6) is -1.53. The summed E-state index contributed by atoms with van der Waals surface area (Å²) in [6.45, 7) is 3.17. The number of amides is 1. The second-order valence-electron chi connectivity index (χ2n) is 6.07. The van der Waals surface area contributed by atoms with Crippen LogP contribution in [0.5, 0.6) is 0 Å². The van der Waals surface area contributed by atoms with Crippen molar-refractivity contribution >= 4 is 17.7 Å². The molecule has 0 fully saturated rings. The summed E-state index contributed by atoms with van der Waals surface area (Å²) in [7, 11) is 1.67. The first-order valence-corrected chi connectivity index (χ1v) is 8.06. The van der Waals surface area contributed by atoms with Gasteiger partial charge in [-0.15, -0.1) is 0 Å². The van der Waals surface area contributed by atoms with Gasteiger partial charge in [0.15, 0.2) is 5.78 Å². The normalized spacial score (nSPS) is 13.1. The average Bonchev–Trinajstić information content (AvgIpc) is 2.98. The Labute approximate surface area is 146 Å². The molecule has 0 radical (unpaired) electrons. The smallest absolute Gasteiger partial charge is 0.315 e. The van der Waals surface area contributed by atoms with Gasteiger partial charge in [0.1, 0.15) is 11.1 Å². The minimum absolute atomic E-state index is 0.0394. The second-order valence-corrected chi connectivity index (χ2v) is 6.07. The molecule has 6 nitrogen and oxygen atoms in total. The fourth-order valence-corrected chi connectivity index (χ4v) is 2.84. The monoisotopic (exact) mass is 342 g/mol. The van der Waals surface area contributed by atoms with Crippen LogP contribution in [0.3, 0.4) is 0 Å². The van der Waals surface area contributed by atoms with Crippen LogP contribution in [0.25, 0.3) is 0 Å². The lowest BCUT2D eigenvalue weighted by Crippen LogP contribution is -2.46. The number of rotatable bonds is 7. The molecule has 0 spiro atoms. The number of carbonyl (C=O) groups excluding carboxylic acids is 2. The molecule has 0 saturated heterocycles. The number of nitrogens with one attached hydrogen (secondary N) is 1. The van der Waals surface area contributed by atoms with Crippen molar-refractivity contribution in [2.24, 2.45) is 7.05 Å². The Bertz CT molecular complexity index is 795. The summed E-state index contributed by atoms with van der Waals surface area (Å²) in [5, 5.41) is 12.5. The molecule has 0 saturated carbocycles. The summed E-state index contributed by atoms with van der Waals surface area (Å²) in [6, 6.07) is 10.4. The number of hydrogen-bond acceptors (Lipinski definition) is 3. The van der Waals surface area contributed by atoms with E-state index in [1.165, 1.54) is 13.0 Å². The van der Waals surface area contributed by atoms with Crippen molar-refractivity contribution in [3.8, 4) is 0 Å². The minimum atomic E-state index is -1.20. The predicted molar refractivity (Wildman–Crippen MR) is 93.8 cm³/mol. The number of aryl methyl sites for hydroxylation is 1. The third-order valence-corrected chi connectivity index (χ3v) is 4.53. The highest BCUT2D eigenvalue weighted by Crippen LogP contribution is 2.28. The SMILES string of the molecule is CCC(CNC(=O)c1cc(C(C)=O)cn1C)(C(=O)O)c1ccccc1. The van der Waals surface area contributed by atoms with Crippen molar-refractivity contribution in [2.75, 3.05) is 6.54 Å². The zero-order valence-electron chi connectivity index (χ0n) is 14.6. The Morgan fingerprint density at radius 3 is 2.32 bits per heavy atom. The van der Waals surface area contributed by atoms with Gasteiger partial charge < -0.3 is 15.0 Å². The van der Waals surface area contributed by atoms with Gasteiger partial charge in [-0.1, -0.05) is 37.3 Å². The lowest BCUT2D eigenvalue weighted by atomic mass is 9.78. The van der Waals surface area contributed by atoms with Crippen LogP contribution in [0.1, 0.15) is 46.7 Å². The Morgan fingerprint density at radius 1 is 1.20 bits per heavy atom. The van der Waals surface area contributed by atoms with E-state index < -0.39 is 17.3 Å². The quantitative estimate of drug-likeness (QED) is 0.756. The summed E-state index contributed by atoms with van der Waals surface area (Å²) in [4.78, 5) is 35.9. The van der Waals surface area contributed by atoms with Crippen molar-refractivity contribution in [3.63, 3.8) is 0 Å². The maximum absolute atomic E-state index is 12.5. The lowest BCUT2D eigenvalue weighted by Gasteiger charge is -2.29. The molecule has 1 aromatic heterocycles. The van der Waals surface area contributed by atoms with Crippen molar-refractivity contribution in [2.45, 2.75) is 25.7 Å². The fraction of sp³-hybridized carbons (Fsp3) is 0.316. The van der Waals surface area contributed by atoms with E-state index in [1.54, 1.807) is 49.0 Å². The van der Waals surface area contributed by atoms with Gasteiger partial charge in [-0.25, -0.2) is 0 Å². The molecular weight excluding hydrogens is 320 g/mol. The van der Waals surface area contributed by atoms with Gasteiger partial charge in [0, 0.05) is 25.4 Å². The van der Waals surface area contributed by atoms with Crippen LogP contribution >= 0.6 is 0 Å². The Balaban J connectivity index is 2.25. The molecule has 1 unspecified atom stereocenters. The molecule has 2 rings (SSSR count). The van der Waals surface area contributed by atoms with E-state index in [0.717, 1.165) is 0 Å². The highest BCUT2D eigenvalue weighted by Gasteiger charge is 2.39. The molecule has 1 heterocycles. The van der Waals surface area contributed by atoms with E-state index in [9.17, 15) is 19.5 Å². The molecule has 132 valence electrons. The number of benzene rings is 1. The molecule has 0 aliphatic heterocycles. The molecule has 0 aliphatic carbocycles. The van der Waals surface area contributed by atoms with Crippen molar-refractivity contribution in [1.29, 1.82) is 0 Å². The lowest BCUT2D eigenvalue weighted by molar-refractivity contribution is -0.143. The molecule has 0 bridgehead atoms. The first-order valence-electron chi connectivity index (χ1n) is 8.06. The first kappa shape index (κ1) is 18.4. The molecule has 2 N–H and O–H groups in total. The predicted octanol–water partition coefficient (Wildman–Crippen LogP) is 2.39. The molecule has 6 heteroatoms. The molecule has 1 atom stereocenters. The molecule has 0 aliphatic rings. The Morgan fingerprint density at radius 2 is 1.84 bits per heavy atom. The van der Waals surface area contributed by atoms with Crippen LogP contribution < -0.4 is 5.32 Å². The highest BCUT2D eigenvalue weighted by molar-refractivity contribution is 5.99. The van der Waals surface area contributed by atoms with E-state index in [2.05, 4.69) is 5.32 Å². The largest absolute Gasteiger partial charge is 0.481 e. The number of aliphatic carboxylic acids is 1. The molecule has 1 aromatic carbocycles. The Hall–Kier alpha value is -2.89. The third kappa shape index (κ3) is 3.63. The Kier molecular flexibility index (Phi) is 5.41. The maximum atomic E-state index is 12.5. The van der Waals surface area contributed by atoms with Gasteiger partial charge in [-0.2, -0.15) is 0 Å². The van der Waals surface area contributed by atoms with Gasteiger partial charge in [-0.05, 0) is 25.0 Å². The highest BCUT2D eigenvalue weighted by atomic mass is 16.4. The number of ketones is 1. The summed E-state index contributed by atoms with van der Waals surface area (Å²) >= 11 is 0. The van der Waals surface area contributed by atoms with Crippen molar-refractivity contribution < 1.29 is 19.5 Å². The topological polar surface area (TPSA) is 88.4 Å². The van der Waals surface area contributed by atoms with E-state index in [1.807, 2.05) is 6.07 Å².